The molecule has 36 heavy (non-hydrogen) atoms. The van der Waals surface area contributed by atoms with Crippen molar-refractivity contribution in [3.8, 4) is 0 Å². The molecule has 6 rings (SSSR count). The lowest BCUT2D eigenvalue weighted by molar-refractivity contribution is 0.0527. The van der Waals surface area contributed by atoms with Crippen molar-refractivity contribution in [2.24, 2.45) is 0 Å². The Kier molecular flexibility index (Phi) is 4.86. The average molecular weight is 475 g/mol. The fourth-order valence-electron chi connectivity index (χ4n) is 5.38. The summed E-state index contributed by atoms with van der Waals surface area (Å²) < 4.78 is 0. The molecule has 4 aromatic carbocycles. The van der Waals surface area contributed by atoms with Gasteiger partial charge in [0.25, 0.3) is 23.6 Å². The molecule has 0 aromatic heterocycles. The third-order valence-corrected chi connectivity index (χ3v) is 7.30. The molecular weight excluding hydrogens is 452 g/mol. The van der Waals surface area contributed by atoms with E-state index in [1.165, 1.54) is 9.80 Å². The number of carbonyl (C=O) groups is 4. The summed E-state index contributed by atoms with van der Waals surface area (Å²) in [4.78, 5) is 56.9. The molecule has 0 unspecified atom stereocenters. The van der Waals surface area contributed by atoms with Gasteiger partial charge in [0.15, 0.2) is 0 Å². The van der Waals surface area contributed by atoms with Crippen LogP contribution in [-0.2, 0) is 0 Å². The van der Waals surface area contributed by atoms with Gasteiger partial charge >= 0.3 is 0 Å². The van der Waals surface area contributed by atoms with Gasteiger partial charge in [-0.25, -0.2) is 0 Å². The summed E-state index contributed by atoms with van der Waals surface area (Å²) in [6.45, 7) is 3.63. The highest BCUT2D eigenvalue weighted by molar-refractivity contribution is 6.33. The second-order valence-electron chi connectivity index (χ2n) is 9.21. The molecule has 0 spiro atoms. The van der Waals surface area contributed by atoms with E-state index in [9.17, 15) is 19.2 Å². The summed E-state index contributed by atoms with van der Waals surface area (Å²) in [6.07, 6.45) is 0. The summed E-state index contributed by atoms with van der Waals surface area (Å²) in [7, 11) is 0. The van der Waals surface area contributed by atoms with Gasteiger partial charge in [0, 0.05) is 33.0 Å². The van der Waals surface area contributed by atoms with Crippen molar-refractivity contribution in [3.05, 3.63) is 118 Å². The largest absolute Gasteiger partial charge is 0.269 e. The standard InChI is InChI=1S/C30H22N2O4/c1-17(19-9-5-3-6-10-19)31-27(33)21-13-15-23-26-24(16-14-22(25(21)26)28(31)34)30(36)32(29(23)35)18(2)20-11-7-4-8-12-20/h3-18H,1-2H3/t17-,18-/m1/s1. The fourth-order valence-corrected chi connectivity index (χ4v) is 5.38. The first-order valence-corrected chi connectivity index (χ1v) is 11.9. The predicted molar refractivity (Wildman–Crippen MR) is 135 cm³/mol. The molecule has 0 radical (unpaired) electrons. The second-order valence-corrected chi connectivity index (χ2v) is 9.21. The highest BCUT2D eigenvalue weighted by atomic mass is 16.2. The van der Waals surface area contributed by atoms with Crippen molar-refractivity contribution in [1.29, 1.82) is 0 Å². The Balaban J connectivity index is 1.49. The van der Waals surface area contributed by atoms with Crippen LogP contribution in [0.5, 0.6) is 0 Å². The monoisotopic (exact) mass is 474 g/mol. The van der Waals surface area contributed by atoms with Crippen LogP contribution in [0, 0.1) is 0 Å². The van der Waals surface area contributed by atoms with Crippen LogP contribution in [0.2, 0.25) is 0 Å². The van der Waals surface area contributed by atoms with Crippen LogP contribution in [0.1, 0.15) is 78.5 Å². The van der Waals surface area contributed by atoms with E-state index in [-0.39, 0.29) is 0 Å². The van der Waals surface area contributed by atoms with Crippen LogP contribution in [0.4, 0.5) is 0 Å². The molecule has 2 aliphatic heterocycles. The van der Waals surface area contributed by atoms with Gasteiger partial charge in [-0.3, -0.25) is 29.0 Å². The van der Waals surface area contributed by atoms with Gasteiger partial charge < -0.3 is 0 Å². The number of hydrogen-bond acceptors (Lipinski definition) is 4. The van der Waals surface area contributed by atoms with E-state index in [1.807, 2.05) is 74.5 Å². The molecule has 0 bridgehead atoms. The van der Waals surface area contributed by atoms with Gasteiger partial charge in [-0.05, 0) is 49.2 Å². The minimum absolute atomic E-state index is 0.318. The highest BCUT2D eigenvalue weighted by Crippen LogP contribution is 2.41. The van der Waals surface area contributed by atoms with Gasteiger partial charge in [-0.15, -0.1) is 0 Å². The zero-order valence-corrected chi connectivity index (χ0v) is 19.8. The van der Waals surface area contributed by atoms with E-state index in [1.54, 1.807) is 24.3 Å². The Morgan fingerprint density at radius 1 is 0.444 bits per heavy atom. The first kappa shape index (κ1) is 21.9. The van der Waals surface area contributed by atoms with Crippen LogP contribution in [0.25, 0.3) is 10.8 Å². The Labute approximate surface area is 207 Å². The number of benzene rings is 4. The predicted octanol–water partition coefficient (Wildman–Crippen LogP) is 5.55. The molecule has 0 saturated heterocycles. The maximum Gasteiger partial charge on any atom is 0.261 e. The van der Waals surface area contributed by atoms with Gasteiger partial charge in [0.1, 0.15) is 0 Å². The van der Waals surface area contributed by atoms with Gasteiger partial charge in [-0.1, -0.05) is 60.7 Å². The highest BCUT2D eigenvalue weighted by Gasteiger charge is 2.42. The van der Waals surface area contributed by atoms with Crippen LogP contribution in [0.3, 0.4) is 0 Å². The van der Waals surface area contributed by atoms with Crippen molar-refractivity contribution >= 4 is 34.4 Å². The summed E-state index contributed by atoms with van der Waals surface area (Å²) in [5, 5.41) is 0.760. The zero-order chi connectivity index (χ0) is 25.1. The van der Waals surface area contributed by atoms with E-state index in [0.29, 0.717) is 33.0 Å². The lowest BCUT2D eigenvalue weighted by Crippen LogP contribution is -2.44. The number of rotatable bonds is 4. The lowest BCUT2D eigenvalue weighted by atomic mass is 9.84. The molecule has 2 atom stereocenters. The van der Waals surface area contributed by atoms with E-state index in [2.05, 4.69) is 0 Å². The molecule has 4 amide bonds. The van der Waals surface area contributed by atoms with Crippen LogP contribution < -0.4 is 0 Å². The third kappa shape index (κ3) is 2.97. The van der Waals surface area contributed by atoms with Crippen molar-refractivity contribution in [1.82, 2.24) is 9.80 Å². The fraction of sp³-hybridized carbons (Fsp3) is 0.133. The van der Waals surface area contributed by atoms with Crippen LogP contribution >= 0.6 is 0 Å². The normalized spacial score (nSPS) is 16.5. The van der Waals surface area contributed by atoms with Crippen LogP contribution in [0.15, 0.2) is 84.9 Å². The smallest absolute Gasteiger partial charge is 0.261 e. The summed E-state index contributed by atoms with van der Waals surface area (Å²) in [6, 6.07) is 24.2. The van der Waals surface area contributed by atoms with Gasteiger partial charge in [0.05, 0.1) is 12.1 Å². The molecule has 2 heterocycles. The number of imide groups is 2. The summed E-state index contributed by atoms with van der Waals surface area (Å²) in [5.41, 5.74) is 2.95. The topological polar surface area (TPSA) is 74.8 Å². The maximum absolute atomic E-state index is 13.6. The third-order valence-electron chi connectivity index (χ3n) is 7.30. The van der Waals surface area contributed by atoms with E-state index < -0.39 is 35.7 Å². The molecular formula is C30H22N2O4. The Bertz CT molecular complexity index is 1400. The van der Waals surface area contributed by atoms with Crippen molar-refractivity contribution in [2.75, 3.05) is 0 Å². The number of carbonyl (C=O) groups excluding carboxylic acids is 4. The quantitative estimate of drug-likeness (QED) is 0.363. The van der Waals surface area contributed by atoms with E-state index in [4.69, 9.17) is 0 Å². The first-order chi connectivity index (χ1) is 17.4. The van der Waals surface area contributed by atoms with Crippen molar-refractivity contribution < 1.29 is 19.2 Å². The average Bonchev–Trinajstić information content (AvgIpc) is 2.91. The van der Waals surface area contributed by atoms with Gasteiger partial charge in [0.2, 0.25) is 0 Å². The van der Waals surface area contributed by atoms with E-state index in [0.717, 1.165) is 11.1 Å². The molecule has 4 aromatic rings. The number of amides is 4. The molecule has 0 fully saturated rings. The molecule has 0 N–H and O–H groups in total. The van der Waals surface area contributed by atoms with Crippen LogP contribution in [-0.4, -0.2) is 33.4 Å². The second kappa shape index (κ2) is 7.99. The number of hydrogen-bond donors (Lipinski definition) is 0. The molecule has 0 saturated carbocycles. The molecule has 176 valence electrons. The van der Waals surface area contributed by atoms with E-state index >= 15 is 0 Å². The lowest BCUT2D eigenvalue weighted by Gasteiger charge is -2.36. The Hall–Kier alpha value is -4.58. The zero-order valence-electron chi connectivity index (χ0n) is 19.8. The summed E-state index contributed by atoms with van der Waals surface area (Å²) >= 11 is 0. The molecule has 6 nitrogen and oxygen atoms in total. The van der Waals surface area contributed by atoms with Crippen molar-refractivity contribution in [3.63, 3.8) is 0 Å². The molecule has 6 heteroatoms. The summed E-state index contributed by atoms with van der Waals surface area (Å²) in [5.74, 6) is -1.75. The molecule has 0 aliphatic carbocycles. The number of nitrogens with zero attached hydrogens (tertiary/aromatic N) is 2. The minimum Gasteiger partial charge on any atom is -0.269 e. The Morgan fingerprint density at radius 3 is 1.00 bits per heavy atom. The SMILES string of the molecule is C[C@H](c1ccccc1)N1C(=O)c2ccc3c4c(ccc(c24)C1=O)C(=O)N([C@H](C)c1ccccc1)C3=O. The molecule has 2 aliphatic rings. The van der Waals surface area contributed by atoms with Crippen molar-refractivity contribution in [2.45, 2.75) is 25.9 Å². The van der Waals surface area contributed by atoms with Gasteiger partial charge in [-0.2, -0.15) is 0 Å². The Morgan fingerprint density at radius 2 is 0.722 bits per heavy atom. The maximum atomic E-state index is 13.6. The first-order valence-electron chi connectivity index (χ1n) is 11.9. The minimum atomic E-state index is -0.480.